The molecule has 84 valence electrons. The fraction of sp³-hybridized carbons (Fsp3) is 0.769. The van der Waals surface area contributed by atoms with Crippen molar-refractivity contribution in [1.82, 2.24) is 9.78 Å². The van der Waals surface area contributed by atoms with Crippen molar-refractivity contribution in [2.45, 2.75) is 53.0 Å². The first-order valence-corrected chi connectivity index (χ1v) is 6.14. The Labute approximate surface area is 92.7 Å². The monoisotopic (exact) mass is 206 g/mol. The molecule has 1 heterocycles. The van der Waals surface area contributed by atoms with E-state index in [0.717, 1.165) is 18.4 Å². The summed E-state index contributed by atoms with van der Waals surface area (Å²) < 4.78 is 2.22. The quantitative estimate of drug-likeness (QED) is 0.742. The zero-order valence-electron chi connectivity index (χ0n) is 10.3. The maximum absolute atomic E-state index is 4.53. The molecule has 0 saturated carbocycles. The van der Waals surface area contributed by atoms with Crippen LogP contribution in [0, 0.1) is 11.8 Å². The average molecular weight is 206 g/mol. The molecule has 0 amide bonds. The molecule has 1 aromatic rings. The summed E-state index contributed by atoms with van der Waals surface area (Å²) in [7, 11) is 0. The third-order valence-electron chi connectivity index (χ3n) is 3.42. The standard InChI is InChI=1S/C13H22N2/c1-9(2)8-15-13-6-5-11(10(3)4)12(13)7-14-15/h7,9-11H,5-6,8H2,1-4H3/t11-/m0/s1. The van der Waals surface area contributed by atoms with Crippen LogP contribution >= 0.6 is 0 Å². The number of rotatable bonds is 3. The average Bonchev–Trinajstić information content (AvgIpc) is 2.66. The first-order chi connectivity index (χ1) is 7.09. The SMILES string of the molecule is CC(C)Cn1ncc2c1CC[C@H]2C(C)C. The van der Waals surface area contributed by atoms with Crippen molar-refractivity contribution in [3.8, 4) is 0 Å². The summed E-state index contributed by atoms with van der Waals surface area (Å²) in [6, 6.07) is 0. The summed E-state index contributed by atoms with van der Waals surface area (Å²) in [6.07, 6.45) is 4.66. The van der Waals surface area contributed by atoms with Crippen molar-refractivity contribution in [1.29, 1.82) is 0 Å². The number of fused-ring (bicyclic) bond motifs is 1. The predicted octanol–water partition coefficient (Wildman–Crippen LogP) is 3.22. The maximum Gasteiger partial charge on any atom is 0.0527 e. The van der Waals surface area contributed by atoms with Gasteiger partial charge in [0.25, 0.3) is 0 Å². The van der Waals surface area contributed by atoms with Gasteiger partial charge in [-0.25, -0.2) is 0 Å². The van der Waals surface area contributed by atoms with Gasteiger partial charge in [0.2, 0.25) is 0 Å². The highest BCUT2D eigenvalue weighted by Gasteiger charge is 2.28. The second-order valence-electron chi connectivity index (χ2n) is 5.51. The number of hydrogen-bond acceptors (Lipinski definition) is 1. The Hall–Kier alpha value is -0.790. The zero-order chi connectivity index (χ0) is 11.0. The van der Waals surface area contributed by atoms with Gasteiger partial charge in [0.1, 0.15) is 0 Å². The van der Waals surface area contributed by atoms with Crippen LogP contribution in [0.3, 0.4) is 0 Å². The Balaban J connectivity index is 2.23. The highest BCUT2D eigenvalue weighted by molar-refractivity contribution is 5.28. The van der Waals surface area contributed by atoms with Gasteiger partial charge in [-0.05, 0) is 36.2 Å². The molecule has 0 saturated heterocycles. The van der Waals surface area contributed by atoms with Crippen molar-refractivity contribution >= 4 is 0 Å². The maximum atomic E-state index is 4.53. The molecule has 0 radical (unpaired) electrons. The van der Waals surface area contributed by atoms with Crippen LogP contribution in [0.15, 0.2) is 6.20 Å². The normalized spacial score (nSPS) is 20.3. The van der Waals surface area contributed by atoms with Crippen LogP contribution in [0.2, 0.25) is 0 Å². The molecule has 0 bridgehead atoms. The highest BCUT2D eigenvalue weighted by atomic mass is 15.3. The molecule has 1 aromatic heterocycles. The Morgan fingerprint density at radius 2 is 2.13 bits per heavy atom. The molecule has 15 heavy (non-hydrogen) atoms. The van der Waals surface area contributed by atoms with Gasteiger partial charge in [-0.2, -0.15) is 5.10 Å². The first-order valence-electron chi connectivity index (χ1n) is 6.14. The topological polar surface area (TPSA) is 17.8 Å². The second-order valence-corrected chi connectivity index (χ2v) is 5.51. The van der Waals surface area contributed by atoms with E-state index in [1.54, 1.807) is 0 Å². The highest BCUT2D eigenvalue weighted by Crippen LogP contribution is 2.38. The predicted molar refractivity (Wildman–Crippen MR) is 63.0 cm³/mol. The van der Waals surface area contributed by atoms with Gasteiger partial charge < -0.3 is 0 Å². The third kappa shape index (κ3) is 1.95. The molecule has 2 nitrogen and oxygen atoms in total. The van der Waals surface area contributed by atoms with Gasteiger partial charge in [-0.15, -0.1) is 0 Å². The minimum absolute atomic E-state index is 0.687. The van der Waals surface area contributed by atoms with E-state index in [9.17, 15) is 0 Å². The molecule has 0 fully saturated rings. The Kier molecular flexibility index (Phi) is 2.85. The second kappa shape index (κ2) is 3.99. The number of hydrogen-bond donors (Lipinski definition) is 0. The molecular weight excluding hydrogens is 184 g/mol. The van der Waals surface area contributed by atoms with Crippen molar-refractivity contribution in [3.05, 3.63) is 17.5 Å². The van der Waals surface area contributed by atoms with E-state index in [4.69, 9.17) is 0 Å². The van der Waals surface area contributed by atoms with Crippen LogP contribution in [0.5, 0.6) is 0 Å². The van der Waals surface area contributed by atoms with Crippen molar-refractivity contribution in [3.63, 3.8) is 0 Å². The number of aromatic nitrogens is 2. The summed E-state index contributed by atoms with van der Waals surface area (Å²) in [5.74, 6) is 2.19. The summed E-state index contributed by atoms with van der Waals surface area (Å²) >= 11 is 0. The van der Waals surface area contributed by atoms with Gasteiger partial charge in [0, 0.05) is 12.2 Å². The molecule has 0 spiro atoms. The molecule has 0 unspecified atom stereocenters. The smallest absolute Gasteiger partial charge is 0.0527 e. The van der Waals surface area contributed by atoms with Crippen molar-refractivity contribution in [2.24, 2.45) is 11.8 Å². The Bertz CT molecular complexity index is 336. The molecule has 1 aliphatic carbocycles. The fourth-order valence-electron chi connectivity index (χ4n) is 2.65. The van der Waals surface area contributed by atoms with E-state index in [0.29, 0.717) is 5.92 Å². The van der Waals surface area contributed by atoms with E-state index < -0.39 is 0 Å². The van der Waals surface area contributed by atoms with Gasteiger partial charge >= 0.3 is 0 Å². The zero-order valence-corrected chi connectivity index (χ0v) is 10.3. The number of nitrogens with zero attached hydrogens (tertiary/aromatic N) is 2. The third-order valence-corrected chi connectivity index (χ3v) is 3.42. The van der Waals surface area contributed by atoms with Crippen LogP contribution in [-0.4, -0.2) is 9.78 Å². The summed E-state index contributed by atoms with van der Waals surface area (Å²) in [4.78, 5) is 0. The van der Waals surface area contributed by atoms with Gasteiger partial charge in [0.15, 0.2) is 0 Å². The van der Waals surface area contributed by atoms with Crippen molar-refractivity contribution < 1.29 is 0 Å². The van der Waals surface area contributed by atoms with E-state index in [2.05, 4.69) is 43.7 Å². The molecule has 0 aromatic carbocycles. The van der Waals surface area contributed by atoms with Crippen LogP contribution in [0.1, 0.15) is 51.3 Å². The fourth-order valence-corrected chi connectivity index (χ4v) is 2.65. The molecular formula is C13H22N2. The van der Waals surface area contributed by atoms with Gasteiger partial charge in [-0.1, -0.05) is 27.7 Å². The molecule has 1 aliphatic rings. The van der Waals surface area contributed by atoms with Crippen LogP contribution in [-0.2, 0) is 13.0 Å². The Morgan fingerprint density at radius 3 is 2.73 bits per heavy atom. The minimum atomic E-state index is 0.687. The van der Waals surface area contributed by atoms with Gasteiger partial charge in [-0.3, -0.25) is 4.68 Å². The lowest BCUT2D eigenvalue weighted by Crippen LogP contribution is -2.08. The summed E-state index contributed by atoms with van der Waals surface area (Å²) in [5.41, 5.74) is 3.02. The lowest BCUT2D eigenvalue weighted by Gasteiger charge is -2.12. The largest absolute Gasteiger partial charge is 0.269 e. The van der Waals surface area contributed by atoms with E-state index in [-0.39, 0.29) is 0 Å². The Morgan fingerprint density at radius 1 is 1.40 bits per heavy atom. The van der Waals surface area contributed by atoms with E-state index in [1.165, 1.54) is 24.1 Å². The molecule has 1 atom stereocenters. The lowest BCUT2D eigenvalue weighted by molar-refractivity contribution is 0.463. The van der Waals surface area contributed by atoms with Gasteiger partial charge in [0.05, 0.1) is 6.20 Å². The minimum Gasteiger partial charge on any atom is -0.269 e. The lowest BCUT2D eigenvalue weighted by atomic mass is 9.92. The summed E-state index contributed by atoms with van der Waals surface area (Å²) in [5, 5.41) is 4.53. The van der Waals surface area contributed by atoms with E-state index in [1.807, 2.05) is 0 Å². The summed E-state index contributed by atoms with van der Waals surface area (Å²) in [6.45, 7) is 10.2. The van der Waals surface area contributed by atoms with Crippen LogP contribution in [0.25, 0.3) is 0 Å². The molecule has 0 aliphatic heterocycles. The van der Waals surface area contributed by atoms with Crippen LogP contribution < -0.4 is 0 Å². The van der Waals surface area contributed by atoms with E-state index >= 15 is 0 Å². The van der Waals surface area contributed by atoms with Crippen molar-refractivity contribution in [2.75, 3.05) is 0 Å². The molecule has 2 rings (SSSR count). The molecule has 0 N–H and O–H groups in total. The first kappa shape index (κ1) is 10.7. The van der Waals surface area contributed by atoms with Crippen LogP contribution in [0.4, 0.5) is 0 Å². The molecule has 2 heteroatoms.